The van der Waals surface area contributed by atoms with Crippen LogP contribution in [0.3, 0.4) is 0 Å². The van der Waals surface area contributed by atoms with Crippen molar-refractivity contribution in [1.82, 2.24) is 20.4 Å². The van der Waals surface area contributed by atoms with Crippen LogP contribution in [0.4, 0.5) is 0 Å². The van der Waals surface area contributed by atoms with Crippen molar-refractivity contribution >= 4 is 11.8 Å². The average molecular weight is 355 g/mol. The van der Waals surface area contributed by atoms with Crippen molar-refractivity contribution in [3.05, 3.63) is 0 Å². The number of hydrogen-bond acceptors (Lipinski definition) is 4. The van der Waals surface area contributed by atoms with Crippen LogP contribution in [0.2, 0.25) is 0 Å². The number of carbonyl (C=O) groups is 2. The first-order valence-corrected chi connectivity index (χ1v) is 9.81. The van der Waals surface area contributed by atoms with Crippen molar-refractivity contribution < 1.29 is 9.59 Å². The summed E-state index contributed by atoms with van der Waals surface area (Å²) >= 11 is 0. The Hall–Kier alpha value is -1.14. The van der Waals surface area contributed by atoms with E-state index >= 15 is 0 Å². The summed E-state index contributed by atoms with van der Waals surface area (Å²) in [5.41, 5.74) is 0. The Morgan fingerprint density at radius 3 is 2.04 bits per heavy atom. The van der Waals surface area contributed by atoms with Gasteiger partial charge in [0.25, 0.3) is 0 Å². The Bertz CT molecular complexity index is 412. The second kappa shape index (κ2) is 11.5. The molecule has 1 unspecified atom stereocenters. The van der Waals surface area contributed by atoms with Gasteiger partial charge in [0.05, 0.1) is 13.1 Å². The van der Waals surface area contributed by atoms with Crippen molar-refractivity contribution in [1.29, 1.82) is 0 Å². The summed E-state index contributed by atoms with van der Waals surface area (Å²) in [6.07, 6.45) is 2.14. The van der Waals surface area contributed by atoms with Crippen molar-refractivity contribution in [2.45, 2.75) is 53.5 Å². The van der Waals surface area contributed by atoms with E-state index in [4.69, 9.17) is 0 Å². The van der Waals surface area contributed by atoms with E-state index in [0.29, 0.717) is 31.0 Å². The molecule has 0 saturated carbocycles. The van der Waals surface area contributed by atoms with Gasteiger partial charge in [-0.3, -0.25) is 19.4 Å². The fourth-order valence-corrected chi connectivity index (χ4v) is 3.05. The number of piperazine rings is 1. The van der Waals surface area contributed by atoms with Gasteiger partial charge in [-0.15, -0.1) is 0 Å². The first kappa shape index (κ1) is 21.9. The third-order valence-electron chi connectivity index (χ3n) is 4.44. The lowest BCUT2D eigenvalue weighted by Crippen LogP contribution is -2.57. The van der Waals surface area contributed by atoms with Gasteiger partial charge in [-0.2, -0.15) is 0 Å². The molecule has 1 heterocycles. The first-order valence-electron chi connectivity index (χ1n) is 9.81. The molecule has 25 heavy (non-hydrogen) atoms. The van der Waals surface area contributed by atoms with Gasteiger partial charge in [0.15, 0.2) is 0 Å². The molecule has 0 radical (unpaired) electrons. The van der Waals surface area contributed by atoms with Crippen LogP contribution in [0.1, 0.15) is 47.5 Å². The van der Waals surface area contributed by atoms with E-state index < -0.39 is 0 Å². The van der Waals surface area contributed by atoms with Crippen LogP contribution in [0.5, 0.6) is 0 Å². The monoisotopic (exact) mass is 354 g/mol. The Morgan fingerprint density at radius 2 is 1.52 bits per heavy atom. The minimum Gasteiger partial charge on any atom is -0.355 e. The quantitative estimate of drug-likeness (QED) is 0.621. The van der Waals surface area contributed by atoms with E-state index in [2.05, 4.69) is 55.1 Å². The Labute approximate surface area is 153 Å². The molecular formula is C19H38N4O2. The summed E-state index contributed by atoms with van der Waals surface area (Å²) in [5, 5.41) is 5.99. The first-order chi connectivity index (χ1) is 11.8. The highest BCUT2D eigenvalue weighted by Gasteiger charge is 2.28. The third-order valence-corrected chi connectivity index (χ3v) is 4.44. The fourth-order valence-electron chi connectivity index (χ4n) is 3.05. The maximum atomic E-state index is 12.1. The summed E-state index contributed by atoms with van der Waals surface area (Å²) in [6.45, 7) is 15.5. The molecule has 1 aliphatic rings. The van der Waals surface area contributed by atoms with Crippen LogP contribution >= 0.6 is 0 Å². The fraction of sp³-hybridized carbons (Fsp3) is 0.895. The summed E-state index contributed by atoms with van der Waals surface area (Å²) in [7, 11) is 0. The van der Waals surface area contributed by atoms with Crippen LogP contribution in [-0.4, -0.2) is 73.5 Å². The lowest BCUT2D eigenvalue weighted by molar-refractivity contribution is -0.126. The van der Waals surface area contributed by atoms with Crippen LogP contribution in [-0.2, 0) is 9.59 Å². The molecule has 0 spiro atoms. The second-order valence-electron chi connectivity index (χ2n) is 8.04. The minimum atomic E-state index is 0.104. The standard InChI is InChI=1S/C19H38N4O2/c1-6-7-17-12-22(13-18(24)20-10-15(2)3)8-9-23(17)14-19(25)21-11-16(4)5/h15-17H,6-14H2,1-5H3,(H,20,24)(H,21,25). The number of amides is 2. The Morgan fingerprint density at radius 1 is 0.960 bits per heavy atom. The van der Waals surface area contributed by atoms with Crippen LogP contribution in [0, 0.1) is 11.8 Å². The van der Waals surface area contributed by atoms with E-state index in [0.717, 1.165) is 45.6 Å². The van der Waals surface area contributed by atoms with E-state index in [1.54, 1.807) is 0 Å². The predicted octanol–water partition coefficient (Wildman–Crippen LogP) is 1.32. The van der Waals surface area contributed by atoms with Gasteiger partial charge in [0.2, 0.25) is 11.8 Å². The average Bonchev–Trinajstić information content (AvgIpc) is 2.53. The van der Waals surface area contributed by atoms with Crippen molar-refractivity contribution in [3.8, 4) is 0 Å². The number of nitrogens with zero attached hydrogens (tertiary/aromatic N) is 2. The Kier molecular flexibility index (Phi) is 10.0. The van der Waals surface area contributed by atoms with E-state index in [1.807, 2.05) is 0 Å². The number of carbonyl (C=O) groups excluding carboxylic acids is 2. The largest absolute Gasteiger partial charge is 0.355 e. The molecule has 0 aromatic rings. The lowest BCUT2D eigenvalue weighted by Gasteiger charge is -2.41. The molecule has 6 nitrogen and oxygen atoms in total. The van der Waals surface area contributed by atoms with Crippen LogP contribution in [0.25, 0.3) is 0 Å². The molecule has 1 fully saturated rings. The van der Waals surface area contributed by atoms with Gasteiger partial charge in [-0.1, -0.05) is 41.0 Å². The molecule has 1 atom stereocenters. The molecule has 146 valence electrons. The minimum absolute atomic E-state index is 0.104. The maximum Gasteiger partial charge on any atom is 0.234 e. The molecule has 0 aromatic carbocycles. The zero-order valence-electron chi connectivity index (χ0n) is 16.8. The molecule has 2 amide bonds. The molecule has 0 aliphatic carbocycles. The van der Waals surface area contributed by atoms with Gasteiger partial charge in [-0.05, 0) is 18.3 Å². The molecule has 1 rings (SSSR count). The molecule has 6 heteroatoms. The Balaban J connectivity index is 2.46. The summed E-state index contributed by atoms with van der Waals surface area (Å²) in [4.78, 5) is 28.7. The van der Waals surface area contributed by atoms with Crippen molar-refractivity contribution in [2.24, 2.45) is 11.8 Å². The predicted molar refractivity (Wildman–Crippen MR) is 102 cm³/mol. The number of hydrogen-bond donors (Lipinski definition) is 2. The maximum absolute atomic E-state index is 12.1. The van der Waals surface area contributed by atoms with Gasteiger partial charge in [0, 0.05) is 38.8 Å². The molecule has 1 saturated heterocycles. The topological polar surface area (TPSA) is 64.7 Å². The second-order valence-corrected chi connectivity index (χ2v) is 8.04. The number of rotatable bonds is 10. The van der Waals surface area contributed by atoms with Crippen LogP contribution in [0.15, 0.2) is 0 Å². The molecule has 2 N–H and O–H groups in total. The van der Waals surface area contributed by atoms with E-state index in [1.165, 1.54) is 0 Å². The summed E-state index contributed by atoms with van der Waals surface area (Å²) in [5.74, 6) is 1.15. The molecule has 0 aromatic heterocycles. The smallest absolute Gasteiger partial charge is 0.234 e. The van der Waals surface area contributed by atoms with Gasteiger partial charge < -0.3 is 10.6 Å². The SMILES string of the molecule is CCCC1CN(CC(=O)NCC(C)C)CCN1CC(=O)NCC(C)C. The van der Waals surface area contributed by atoms with Crippen LogP contribution < -0.4 is 10.6 Å². The zero-order valence-corrected chi connectivity index (χ0v) is 16.8. The summed E-state index contributed by atoms with van der Waals surface area (Å²) < 4.78 is 0. The molecular weight excluding hydrogens is 316 g/mol. The van der Waals surface area contributed by atoms with E-state index in [9.17, 15) is 9.59 Å². The van der Waals surface area contributed by atoms with Crippen molar-refractivity contribution in [3.63, 3.8) is 0 Å². The highest BCUT2D eigenvalue weighted by atomic mass is 16.2. The molecule has 0 bridgehead atoms. The lowest BCUT2D eigenvalue weighted by atomic mass is 10.1. The van der Waals surface area contributed by atoms with Crippen molar-refractivity contribution in [2.75, 3.05) is 45.8 Å². The van der Waals surface area contributed by atoms with Gasteiger partial charge >= 0.3 is 0 Å². The zero-order chi connectivity index (χ0) is 18.8. The highest BCUT2D eigenvalue weighted by molar-refractivity contribution is 5.78. The molecule has 1 aliphatic heterocycles. The summed E-state index contributed by atoms with van der Waals surface area (Å²) in [6, 6.07) is 0.349. The highest BCUT2D eigenvalue weighted by Crippen LogP contribution is 2.14. The normalized spacial score (nSPS) is 19.4. The van der Waals surface area contributed by atoms with Gasteiger partial charge in [0.1, 0.15) is 0 Å². The third kappa shape index (κ3) is 9.21. The number of nitrogens with one attached hydrogen (secondary N) is 2. The van der Waals surface area contributed by atoms with E-state index in [-0.39, 0.29) is 11.8 Å². The van der Waals surface area contributed by atoms with Gasteiger partial charge in [-0.25, -0.2) is 0 Å².